The Morgan fingerprint density at radius 1 is 1.39 bits per heavy atom. The highest BCUT2D eigenvalue weighted by molar-refractivity contribution is 5.79. The van der Waals surface area contributed by atoms with Gasteiger partial charge < -0.3 is 16.2 Å². The molecule has 3 unspecified atom stereocenters. The number of carbonyl (C=O) groups is 2. The van der Waals surface area contributed by atoms with Crippen LogP contribution in [0.5, 0.6) is 0 Å². The lowest BCUT2D eigenvalue weighted by molar-refractivity contribution is -0.137. The van der Waals surface area contributed by atoms with E-state index in [1.807, 2.05) is 6.92 Å². The Bertz CT molecular complexity index is 294. The maximum absolute atomic E-state index is 12.1. The van der Waals surface area contributed by atoms with Crippen molar-refractivity contribution in [1.82, 2.24) is 5.32 Å². The van der Waals surface area contributed by atoms with Crippen LogP contribution in [0, 0.1) is 11.8 Å². The second kappa shape index (κ2) is 7.36. The summed E-state index contributed by atoms with van der Waals surface area (Å²) in [6, 6.07) is -0.0889. The van der Waals surface area contributed by atoms with E-state index in [2.05, 4.69) is 5.32 Å². The number of nitrogens with two attached hydrogens (primary N) is 1. The molecule has 0 heterocycles. The van der Waals surface area contributed by atoms with Crippen LogP contribution in [0.2, 0.25) is 0 Å². The van der Waals surface area contributed by atoms with Gasteiger partial charge in [-0.2, -0.15) is 0 Å². The predicted molar refractivity (Wildman–Crippen MR) is 69.0 cm³/mol. The number of aliphatic carboxylic acids is 1. The Balaban J connectivity index is 2.40. The van der Waals surface area contributed by atoms with Gasteiger partial charge in [0, 0.05) is 18.4 Å². The van der Waals surface area contributed by atoms with Crippen molar-refractivity contribution in [3.05, 3.63) is 0 Å². The lowest BCUT2D eigenvalue weighted by Crippen LogP contribution is -2.43. The van der Waals surface area contributed by atoms with E-state index in [9.17, 15) is 9.59 Å². The quantitative estimate of drug-likeness (QED) is 0.664. The largest absolute Gasteiger partial charge is 0.481 e. The molecule has 0 spiro atoms. The molecule has 1 amide bonds. The number of nitrogens with one attached hydrogen (secondary N) is 1. The van der Waals surface area contributed by atoms with Gasteiger partial charge in [-0.25, -0.2) is 0 Å². The molecule has 1 fully saturated rings. The average molecular weight is 256 g/mol. The average Bonchev–Trinajstić information content (AvgIpc) is 2.36. The second-order valence-corrected chi connectivity index (χ2v) is 5.23. The Labute approximate surface area is 108 Å². The normalized spacial score (nSPS) is 25.4. The molecule has 1 aliphatic carbocycles. The molecule has 0 aliphatic heterocycles. The molecule has 1 saturated carbocycles. The third-order valence-corrected chi connectivity index (χ3v) is 3.73. The van der Waals surface area contributed by atoms with Gasteiger partial charge in [-0.05, 0) is 38.6 Å². The third kappa shape index (κ3) is 4.64. The van der Waals surface area contributed by atoms with E-state index in [-0.39, 0.29) is 30.2 Å². The molecule has 0 aromatic rings. The predicted octanol–water partition coefficient (Wildman–Crippen LogP) is 1.12. The standard InChI is InChI=1S/C13H24N2O3/c1-9(6-7-12(16)17)15-13(18)11-5-3-2-4-10(11)8-14/h9-11H,2-8,14H2,1H3,(H,15,18)(H,16,17). The van der Waals surface area contributed by atoms with Crippen molar-refractivity contribution in [1.29, 1.82) is 0 Å². The Hall–Kier alpha value is -1.10. The number of hydrogen-bond donors (Lipinski definition) is 3. The summed E-state index contributed by atoms with van der Waals surface area (Å²) in [5, 5.41) is 11.5. The summed E-state index contributed by atoms with van der Waals surface area (Å²) in [6.45, 7) is 2.41. The zero-order chi connectivity index (χ0) is 13.5. The fourth-order valence-corrected chi connectivity index (χ4v) is 2.60. The zero-order valence-corrected chi connectivity index (χ0v) is 11.0. The minimum Gasteiger partial charge on any atom is -0.481 e. The first-order valence-corrected chi connectivity index (χ1v) is 6.76. The molecule has 0 bridgehead atoms. The smallest absolute Gasteiger partial charge is 0.303 e. The molecule has 0 aromatic carbocycles. The van der Waals surface area contributed by atoms with Crippen molar-refractivity contribution in [3.8, 4) is 0 Å². The summed E-state index contributed by atoms with van der Waals surface area (Å²) in [5.41, 5.74) is 5.70. The van der Waals surface area contributed by atoms with Crippen LogP contribution in [0.1, 0.15) is 45.4 Å². The fourth-order valence-electron chi connectivity index (χ4n) is 2.60. The van der Waals surface area contributed by atoms with Crippen molar-refractivity contribution in [2.45, 2.75) is 51.5 Å². The van der Waals surface area contributed by atoms with E-state index < -0.39 is 5.97 Å². The lowest BCUT2D eigenvalue weighted by Gasteiger charge is -2.30. The number of rotatable bonds is 6. The van der Waals surface area contributed by atoms with Crippen molar-refractivity contribution in [2.24, 2.45) is 17.6 Å². The minimum absolute atomic E-state index is 0.0102. The Morgan fingerprint density at radius 3 is 2.67 bits per heavy atom. The highest BCUT2D eigenvalue weighted by Gasteiger charge is 2.30. The van der Waals surface area contributed by atoms with Crippen LogP contribution < -0.4 is 11.1 Å². The lowest BCUT2D eigenvalue weighted by atomic mass is 9.78. The van der Waals surface area contributed by atoms with Crippen molar-refractivity contribution in [3.63, 3.8) is 0 Å². The number of carboxylic acid groups (broad SMARTS) is 1. The summed E-state index contributed by atoms with van der Waals surface area (Å²) in [4.78, 5) is 22.6. The van der Waals surface area contributed by atoms with Crippen LogP contribution in [0.3, 0.4) is 0 Å². The first-order chi connectivity index (χ1) is 8.54. The summed E-state index contributed by atoms with van der Waals surface area (Å²) in [6.07, 6.45) is 4.73. The molecule has 3 atom stereocenters. The van der Waals surface area contributed by atoms with Gasteiger partial charge in [0.1, 0.15) is 0 Å². The number of hydrogen-bond acceptors (Lipinski definition) is 3. The Morgan fingerprint density at radius 2 is 2.06 bits per heavy atom. The minimum atomic E-state index is -0.825. The van der Waals surface area contributed by atoms with Crippen LogP contribution in [0.4, 0.5) is 0 Å². The molecule has 0 saturated heterocycles. The first kappa shape index (κ1) is 15.0. The topological polar surface area (TPSA) is 92.4 Å². The maximum Gasteiger partial charge on any atom is 0.303 e. The number of carboxylic acids is 1. The third-order valence-electron chi connectivity index (χ3n) is 3.73. The van der Waals surface area contributed by atoms with Gasteiger partial charge in [0.25, 0.3) is 0 Å². The molecule has 5 heteroatoms. The highest BCUT2D eigenvalue weighted by atomic mass is 16.4. The van der Waals surface area contributed by atoms with E-state index in [4.69, 9.17) is 10.8 Å². The highest BCUT2D eigenvalue weighted by Crippen LogP contribution is 2.29. The zero-order valence-electron chi connectivity index (χ0n) is 11.0. The van der Waals surface area contributed by atoms with E-state index in [1.54, 1.807) is 0 Å². The molecule has 104 valence electrons. The summed E-state index contributed by atoms with van der Waals surface area (Å²) >= 11 is 0. The van der Waals surface area contributed by atoms with E-state index in [1.165, 1.54) is 0 Å². The van der Waals surface area contributed by atoms with Gasteiger partial charge in [-0.1, -0.05) is 12.8 Å². The van der Waals surface area contributed by atoms with Crippen LogP contribution in [-0.2, 0) is 9.59 Å². The molecule has 5 nitrogen and oxygen atoms in total. The van der Waals surface area contributed by atoms with Gasteiger partial charge in [0.2, 0.25) is 5.91 Å². The van der Waals surface area contributed by atoms with Crippen LogP contribution in [0.15, 0.2) is 0 Å². The summed E-state index contributed by atoms with van der Waals surface area (Å²) in [7, 11) is 0. The molecule has 1 aliphatic rings. The Kier molecular flexibility index (Phi) is 6.12. The van der Waals surface area contributed by atoms with Crippen LogP contribution in [-0.4, -0.2) is 29.6 Å². The van der Waals surface area contributed by atoms with Gasteiger partial charge in [-0.3, -0.25) is 9.59 Å². The number of amides is 1. The van der Waals surface area contributed by atoms with Crippen molar-refractivity contribution >= 4 is 11.9 Å². The molecule has 0 aromatic heterocycles. The molecular formula is C13H24N2O3. The van der Waals surface area contributed by atoms with E-state index >= 15 is 0 Å². The van der Waals surface area contributed by atoms with Gasteiger partial charge in [0.15, 0.2) is 0 Å². The SMILES string of the molecule is CC(CCC(=O)O)NC(=O)C1CCCCC1CN. The molecule has 0 radical (unpaired) electrons. The summed E-state index contributed by atoms with van der Waals surface area (Å²) in [5.74, 6) is -0.488. The summed E-state index contributed by atoms with van der Waals surface area (Å²) < 4.78 is 0. The van der Waals surface area contributed by atoms with Gasteiger partial charge in [-0.15, -0.1) is 0 Å². The molecule has 1 rings (SSSR count). The first-order valence-electron chi connectivity index (χ1n) is 6.76. The monoisotopic (exact) mass is 256 g/mol. The molecule has 4 N–H and O–H groups in total. The van der Waals surface area contributed by atoms with E-state index in [0.29, 0.717) is 13.0 Å². The van der Waals surface area contributed by atoms with Crippen LogP contribution >= 0.6 is 0 Å². The fraction of sp³-hybridized carbons (Fsp3) is 0.846. The number of carbonyl (C=O) groups excluding carboxylic acids is 1. The van der Waals surface area contributed by atoms with Crippen molar-refractivity contribution in [2.75, 3.05) is 6.54 Å². The second-order valence-electron chi connectivity index (χ2n) is 5.23. The molecule has 18 heavy (non-hydrogen) atoms. The van der Waals surface area contributed by atoms with Crippen molar-refractivity contribution < 1.29 is 14.7 Å². The van der Waals surface area contributed by atoms with Gasteiger partial charge in [0.05, 0.1) is 0 Å². The maximum atomic E-state index is 12.1. The van der Waals surface area contributed by atoms with E-state index in [0.717, 1.165) is 25.7 Å². The van der Waals surface area contributed by atoms with Gasteiger partial charge >= 0.3 is 5.97 Å². The molecular weight excluding hydrogens is 232 g/mol. The van der Waals surface area contributed by atoms with Crippen LogP contribution in [0.25, 0.3) is 0 Å².